The molecule has 0 unspecified atom stereocenters. The third-order valence-corrected chi connectivity index (χ3v) is 8.24. The van der Waals surface area contributed by atoms with Crippen LogP contribution in [0.4, 0.5) is 5.69 Å². The Morgan fingerprint density at radius 1 is 1.00 bits per heavy atom. The molecule has 2 atom stereocenters. The lowest BCUT2D eigenvalue weighted by Crippen LogP contribution is -2.44. The van der Waals surface area contributed by atoms with Crippen molar-refractivity contribution >= 4 is 50.5 Å². The second-order valence-electron chi connectivity index (χ2n) is 9.30. The fourth-order valence-corrected chi connectivity index (χ4v) is 6.06. The third kappa shape index (κ3) is 5.76. The van der Waals surface area contributed by atoms with Gasteiger partial charge in [0.15, 0.2) is 5.17 Å². The van der Waals surface area contributed by atoms with Crippen LogP contribution < -0.4 is 4.74 Å². The summed E-state index contributed by atoms with van der Waals surface area (Å²) in [5, 5.41) is 0.768. The molecule has 1 saturated heterocycles. The van der Waals surface area contributed by atoms with Gasteiger partial charge < -0.3 is 4.74 Å². The second kappa shape index (κ2) is 11.5. The fraction of sp³-hybridized carbons (Fsp3) is 0.267. The van der Waals surface area contributed by atoms with Crippen molar-refractivity contribution in [1.82, 2.24) is 4.90 Å². The number of benzene rings is 3. The molecule has 3 aromatic rings. The monoisotopic (exact) mass is 560 g/mol. The minimum atomic E-state index is 0.0381. The summed E-state index contributed by atoms with van der Waals surface area (Å²) in [4.78, 5) is 21.3. The number of aliphatic imine (C=N–C) groups is 1. The largest absolute Gasteiger partial charge is 0.488 e. The van der Waals surface area contributed by atoms with E-state index in [4.69, 9.17) is 9.73 Å². The van der Waals surface area contributed by atoms with Crippen molar-refractivity contribution in [2.45, 2.75) is 45.3 Å². The van der Waals surface area contributed by atoms with Gasteiger partial charge in [-0.3, -0.25) is 9.69 Å². The van der Waals surface area contributed by atoms with Crippen molar-refractivity contribution in [1.29, 1.82) is 0 Å². The van der Waals surface area contributed by atoms with Crippen molar-refractivity contribution in [2.24, 2.45) is 10.9 Å². The lowest BCUT2D eigenvalue weighted by atomic mass is 9.85. The van der Waals surface area contributed by atoms with Crippen LogP contribution in [0.15, 0.2) is 93.2 Å². The smallest absolute Gasteiger partial charge is 0.267 e. The van der Waals surface area contributed by atoms with E-state index in [0.717, 1.165) is 51.5 Å². The van der Waals surface area contributed by atoms with Gasteiger partial charge in [-0.05, 0) is 72.5 Å². The van der Waals surface area contributed by atoms with E-state index in [1.807, 2.05) is 89.8 Å². The topological polar surface area (TPSA) is 41.9 Å². The Labute approximate surface area is 225 Å². The maximum Gasteiger partial charge on any atom is 0.267 e. The van der Waals surface area contributed by atoms with E-state index >= 15 is 0 Å². The SMILES string of the molecule is C[C@@H]1CCCC[C@H]1N1C(=O)/C(=C/c2ccccc2OCc2ccc(Br)cc2)SC1=Nc1ccccc1. The molecule has 0 bridgehead atoms. The Bertz CT molecular complexity index is 1270. The van der Waals surface area contributed by atoms with Crippen LogP contribution in [-0.4, -0.2) is 22.0 Å². The highest BCUT2D eigenvalue weighted by Gasteiger charge is 2.41. The van der Waals surface area contributed by atoms with E-state index in [0.29, 0.717) is 17.4 Å². The van der Waals surface area contributed by atoms with Crippen LogP contribution in [0.2, 0.25) is 0 Å². The minimum absolute atomic E-state index is 0.0381. The molecular weight excluding hydrogens is 532 g/mol. The van der Waals surface area contributed by atoms with Gasteiger partial charge in [-0.15, -0.1) is 0 Å². The summed E-state index contributed by atoms with van der Waals surface area (Å²) in [6.45, 7) is 2.72. The van der Waals surface area contributed by atoms with Crippen LogP contribution in [0.3, 0.4) is 0 Å². The molecule has 2 aliphatic rings. The first-order valence-electron chi connectivity index (χ1n) is 12.4. The highest BCUT2D eigenvalue weighted by molar-refractivity contribution is 9.10. The van der Waals surface area contributed by atoms with Crippen LogP contribution in [-0.2, 0) is 11.4 Å². The predicted molar refractivity (Wildman–Crippen MR) is 152 cm³/mol. The first-order chi connectivity index (χ1) is 17.6. The number of amides is 1. The molecule has 5 rings (SSSR count). The standard InChI is InChI=1S/C30H29BrN2O2S/c1-21-9-5-7-13-26(21)33-29(34)28(36-30(33)32-25-11-3-2-4-12-25)19-23-10-6-8-14-27(23)35-20-22-15-17-24(31)18-16-22/h2-4,6,8,10-12,14-19,21,26H,5,7,9,13,20H2,1H3/b28-19-,32-30?/t21-,26-/m1/s1. The van der Waals surface area contributed by atoms with Crippen LogP contribution in [0.25, 0.3) is 6.08 Å². The highest BCUT2D eigenvalue weighted by Crippen LogP contribution is 2.40. The van der Waals surface area contributed by atoms with Gasteiger partial charge in [0.2, 0.25) is 0 Å². The molecule has 6 heteroatoms. The number of halogens is 1. The van der Waals surface area contributed by atoms with Crippen LogP contribution in [0, 0.1) is 5.92 Å². The Kier molecular flexibility index (Phi) is 7.93. The molecule has 0 aromatic heterocycles. The fourth-order valence-electron chi connectivity index (χ4n) is 4.76. The second-order valence-corrected chi connectivity index (χ2v) is 11.2. The number of carbonyl (C=O) groups excluding carboxylic acids is 1. The minimum Gasteiger partial charge on any atom is -0.488 e. The van der Waals surface area contributed by atoms with Crippen molar-refractivity contribution in [2.75, 3.05) is 0 Å². The lowest BCUT2D eigenvalue weighted by molar-refractivity contribution is -0.124. The summed E-state index contributed by atoms with van der Waals surface area (Å²) in [6, 6.07) is 26.0. The molecule has 1 saturated carbocycles. The normalized spacial score (nSPS) is 22.4. The molecule has 0 N–H and O–H groups in total. The maximum atomic E-state index is 13.8. The molecule has 4 nitrogen and oxygen atoms in total. The number of hydrogen-bond acceptors (Lipinski definition) is 4. The molecule has 36 heavy (non-hydrogen) atoms. The van der Waals surface area contributed by atoms with Gasteiger partial charge in [0.05, 0.1) is 10.6 Å². The van der Waals surface area contributed by atoms with Gasteiger partial charge in [-0.1, -0.05) is 84.2 Å². The Morgan fingerprint density at radius 3 is 2.50 bits per heavy atom. The molecule has 1 aliphatic heterocycles. The zero-order valence-corrected chi connectivity index (χ0v) is 22.7. The van der Waals surface area contributed by atoms with E-state index < -0.39 is 0 Å². The predicted octanol–water partition coefficient (Wildman–Crippen LogP) is 8.21. The number of amidine groups is 1. The Hall–Kier alpha value is -2.83. The van der Waals surface area contributed by atoms with Crippen molar-refractivity contribution in [3.05, 3.63) is 99.4 Å². The average Bonchev–Trinajstić information content (AvgIpc) is 3.19. The summed E-state index contributed by atoms with van der Waals surface area (Å²) in [5.74, 6) is 1.24. The van der Waals surface area contributed by atoms with E-state index in [1.54, 1.807) is 0 Å². The number of nitrogens with zero attached hydrogens (tertiary/aromatic N) is 2. The van der Waals surface area contributed by atoms with E-state index in [9.17, 15) is 4.79 Å². The van der Waals surface area contributed by atoms with E-state index in [-0.39, 0.29) is 11.9 Å². The first kappa shape index (κ1) is 24.8. The maximum absolute atomic E-state index is 13.8. The summed E-state index contributed by atoms with van der Waals surface area (Å²) in [6.07, 6.45) is 6.49. The average molecular weight is 562 g/mol. The molecule has 1 aliphatic carbocycles. The van der Waals surface area contributed by atoms with Gasteiger partial charge in [0.1, 0.15) is 12.4 Å². The van der Waals surface area contributed by atoms with Crippen LogP contribution in [0.1, 0.15) is 43.7 Å². The van der Waals surface area contributed by atoms with Gasteiger partial charge >= 0.3 is 0 Å². The number of ether oxygens (including phenoxy) is 1. The van der Waals surface area contributed by atoms with Crippen molar-refractivity contribution in [3.63, 3.8) is 0 Å². The number of hydrogen-bond donors (Lipinski definition) is 0. The molecule has 2 fully saturated rings. The summed E-state index contributed by atoms with van der Waals surface area (Å²) in [5.41, 5.74) is 2.84. The van der Waals surface area contributed by atoms with Gasteiger partial charge in [-0.2, -0.15) is 0 Å². The van der Waals surface area contributed by atoms with Crippen LogP contribution >= 0.6 is 27.7 Å². The van der Waals surface area contributed by atoms with Crippen molar-refractivity contribution < 1.29 is 9.53 Å². The summed E-state index contributed by atoms with van der Waals surface area (Å²) >= 11 is 4.94. The summed E-state index contributed by atoms with van der Waals surface area (Å²) < 4.78 is 7.21. The molecule has 1 amide bonds. The quantitative estimate of drug-likeness (QED) is 0.285. The molecule has 1 heterocycles. The highest BCUT2D eigenvalue weighted by atomic mass is 79.9. The first-order valence-corrected chi connectivity index (χ1v) is 14.0. The number of carbonyl (C=O) groups is 1. The molecule has 0 radical (unpaired) electrons. The molecular formula is C30H29BrN2O2S. The Morgan fingerprint density at radius 2 is 1.72 bits per heavy atom. The van der Waals surface area contributed by atoms with Gasteiger partial charge in [0.25, 0.3) is 5.91 Å². The third-order valence-electron chi connectivity index (χ3n) is 6.73. The van der Waals surface area contributed by atoms with E-state index in [2.05, 4.69) is 22.9 Å². The van der Waals surface area contributed by atoms with Gasteiger partial charge in [-0.25, -0.2) is 4.99 Å². The molecule has 184 valence electrons. The zero-order valence-electron chi connectivity index (χ0n) is 20.3. The van der Waals surface area contributed by atoms with Crippen LogP contribution in [0.5, 0.6) is 5.75 Å². The zero-order chi connectivity index (χ0) is 24.9. The molecule has 0 spiro atoms. The number of rotatable bonds is 6. The number of para-hydroxylation sites is 2. The molecule has 3 aromatic carbocycles. The Balaban J connectivity index is 1.44. The summed E-state index contributed by atoms with van der Waals surface area (Å²) in [7, 11) is 0. The lowest BCUT2D eigenvalue weighted by Gasteiger charge is -2.35. The number of thioether (sulfide) groups is 1. The van der Waals surface area contributed by atoms with Crippen molar-refractivity contribution in [3.8, 4) is 5.75 Å². The van der Waals surface area contributed by atoms with Gasteiger partial charge in [0, 0.05) is 16.1 Å². The van der Waals surface area contributed by atoms with E-state index in [1.165, 1.54) is 18.2 Å².